The molecular formula is C32H30F3O6Ti-. The molecule has 0 aliphatic heterocycles. The van der Waals surface area contributed by atoms with E-state index in [-0.39, 0.29) is 38.4 Å². The number of hydrogen-bond acceptors (Lipinski definition) is 3. The number of carbonyl (C=O) groups is 3. The zero-order valence-electron chi connectivity index (χ0n) is 23.0. The van der Waals surface area contributed by atoms with Crippen LogP contribution in [0.1, 0.15) is 70.6 Å². The molecular weight excluding hydrogens is 585 g/mol. The van der Waals surface area contributed by atoms with Crippen LogP contribution >= 0.6 is 0 Å². The minimum absolute atomic E-state index is 0. The zero-order chi connectivity index (χ0) is 30.5. The van der Waals surface area contributed by atoms with E-state index in [1.165, 1.54) is 67.7 Å². The quantitative estimate of drug-likeness (QED) is 0.205. The van der Waals surface area contributed by atoms with E-state index in [9.17, 15) is 27.6 Å². The Bertz CT molecular complexity index is 1270. The van der Waals surface area contributed by atoms with Crippen molar-refractivity contribution in [3.63, 3.8) is 0 Å². The molecule has 10 heteroatoms. The number of hydrogen-bond donors (Lipinski definition) is 3. The normalized spacial score (nSPS) is 14.6. The molecule has 0 aromatic heterocycles. The van der Waals surface area contributed by atoms with Gasteiger partial charge in [-0.25, -0.2) is 44.8 Å². The summed E-state index contributed by atoms with van der Waals surface area (Å²) in [4.78, 5) is 30.6. The van der Waals surface area contributed by atoms with Gasteiger partial charge in [0.05, 0.1) is 16.7 Å². The summed E-state index contributed by atoms with van der Waals surface area (Å²) < 4.78 is 36.5. The van der Waals surface area contributed by atoms with Crippen LogP contribution in [0, 0.1) is 29.4 Å². The van der Waals surface area contributed by atoms with Gasteiger partial charge in [-0.1, -0.05) is 45.4 Å². The number of allylic oxidation sites excluding steroid dienone is 4. The maximum Gasteiger partial charge on any atom is 0.335 e. The number of rotatable bonds is 3. The van der Waals surface area contributed by atoms with Crippen LogP contribution in [-0.4, -0.2) is 33.2 Å². The van der Waals surface area contributed by atoms with E-state index in [0.717, 1.165) is 36.4 Å². The third kappa shape index (κ3) is 11.9. The Morgan fingerprint density at radius 1 is 0.643 bits per heavy atom. The van der Waals surface area contributed by atoms with Gasteiger partial charge in [-0.2, -0.15) is 5.57 Å². The predicted molar refractivity (Wildman–Crippen MR) is 147 cm³/mol. The Morgan fingerprint density at radius 3 is 1.24 bits per heavy atom. The van der Waals surface area contributed by atoms with E-state index in [4.69, 9.17) is 15.3 Å². The molecule has 2 aliphatic rings. The molecule has 3 aromatic rings. The van der Waals surface area contributed by atoms with E-state index in [1.54, 1.807) is 11.1 Å². The van der Waals surface area contributed by atoms with Crippen molar-refractivity contribution in [1.82, 2.24) is 0 Å². The average molecular weight is 615 g/mol. The first-order chi connectivity index (χ1) is 19.4. The molecule has 0 saturated carbocycles. The first-order valence-corrected chi connectivity index (χ1v) is 12.7. The average Bonchev–Trinajstić information content (AvgIpc) is 3.23. The van der Waals surface area contributed by atoms with E-state index in [2.05, 4.69) is 19.9 Å². The maximum atomic E-state index is 12.2. The van der Waals surface area contributed by atoms with Crippen molar-refractivity contribution in [1.29, 1.82) is 0 Å². The van der Waals surface area contributed by atoms with Crippen molar-refractivity contribution in [2.45, 2.75) is 39.5 Å². The van der Waals surface area contributed by atoms with Gasteiger partial charge in [-0.15, -0.1) is 0 Å². The van der Waals surface area contributed by atoms with Crippen molar-refractivity contribution in [3.8, 4) is 0 Å². The van der Waals surface area contributed by atoms with Gasteiger partial charge in [0, 0.05) is 21.7 Å². The summed E-state index contributed by atoms with van der Waals surface area (Å²) in [5.41, 5.74) is 4.98. The second-order valence-corrected chi connectivity index (χ2v) is 9.18. The Hall–Kier alpha value is -3.95. The van der Waals surface area contributed by atoms with Crippen molar-refractivity contribution in [2.75, 3.05) is 0 Å². The van der Waals surface area contributed by atoms with Gasteiger partial charge in [0.15, 0.2) is 0 Å². The van der Waals surface area contributed by atoms with Gasteiger partial charge >= 0.3 is 17.9 Å². The summed E-state index contributed by atoms with van der Waals surface area (Å²) in [6, 6.07) is 14.0. The van der Waals surface area contributed by atoms with Crippen LogP contribution < -0.4 is 0 Å². The smallest absolute Gasteiger partial charge is 0.335 e. The molecule has 1 atom stereocenters. The van der Waals surface area contributed by atoms with Crippen LogP contribution in [0.25, 0.3) is 0 Å². The van der Waals surface area contributed by atoms with Gasteiger partial charge in [-0.05, 0) is 72.8 Å². The Morgan fingerprint density at radius 2 is 0.952 bits per heavy atom. The molecule has 6 nitrogen and oxygen atoms in total. The third-order valence-electron chi connectivity index (χ3n) is 6.30. The predicted octanol–water partition coefficient (Wildman–Crippen LogP) is 7.83. The Kier molecular flexibility index (Phi) is 15.3. The minimum atomic E-state index is -1.04. The van der Waals surface area contributed by atoms with Gasteiger partial charge in [0.25, 0.3) is 0 Å². The summed E-state index contributed by atoms with van der Waals surface area (Å²) in [6.45, 7) is 4.53. The van der Waals surface area contributed by atoms with Gasteiger partial charge in [-0.3, -0.25) is 0 Å². The van der Waals surface area contributed by atoms with Crippen LogP contribution in [-0.2, 0) is 21.7 Å². The molecule has 0 fully saturated rings. The summed E-state index contributed by atoms with van der Waals surface area (Å²) in [6.07, 6.45) is 8.91. The fourth-order valence-corrected chi connectivity index (χ4v) is 3.93. The number of carboxylic acids is 3. The Balaban J connectivity index is 0.000000278. The molecule has 5 rings (SSSR count). The van der Waals surface area contributed by atoms with E-state index < -0.39 is 35.4 Å². The largest absolute Gasteiger partial charge is 0.478 e. The molecule has 42 heavy (non-hydrogen) atoms. The van der Waals surface area contributed by atoms with Crippen LogP contribution in [0.2, 0.25) is 0 Å². The molecule has 220 valence electrons. The summed E-state index contributed by atoms with van der Waals surface area (Å²) in [5, 5.41) is 25.1. The van der Waals surface area contributed by atoms with E-state index >= 15 is 0 Å². The van der Waals surface area contributed by atoms with Crippen LogP contribution in [0.3, 0.4) is 0 Å². The van der Waals surface area contributed by atoms with Crippen LogP contribution in [0.4, 0.5) is 13.2 Å². The third-order valence-corrected chi connectivity index (χ3v) is 6.30. The number of carboxylic acid groups (broad SMARTS) is 3. The van der Waals surface area contributed by atoms with Crippen molar-refractivity contribution in [2.24, 2.45) is 5.92 Å². The molecule has 0 radical (unpaired) electrons. The zero-order valence-corrected chi connectivity index (χ0v) is 24.6. The Labute approximate surface area is 257 Å². The molecule has 1 unspecified atom stereocenters. The molecule has 3 N–H and O–H groups in total. The first-order valence-electron chi connectivity index (χ1n) is 12.7. The van der Waals surface area contributed by atoms with Gasteiger partial charge in [0.1, 0.15) is 17.5 Å². The van der Waals surface area contributed by atoms with Crippen molar-refractivity contribution >= 4 is 17.9 Å². The SMILES string of the molecule is CC1=[C-]C2=C(CCCC2)C1C.O=C(O)c1ccc(F)cc1.O=C(O)c1ccc(F)cc1.O=C(O)c1ccc(F)cc1.[Ti]. The summed E-state index contributed by atoms with van der Waals surface area (Å²) in [5.74, 6) is -3.69. The molecule has 0 amide bonds. The number of aromatic carboxylic acids is 3. The van der Waals surface area contributed by atoms with E-state index in [0.29, 0.717) is 5.92 Å². The molecule has 2 aliphatic carbocycles. The molecule has 0 spiro atoms. The molecule has 0 saturated heterocycles. The van der Waals surface area contributed by atoms with Gasteiger partial charge < -0.3 is 15.3 Å². The van der Waals surface area contributed by atoms with Crippen molar-refractivity contribution in [3.05, 3.63) is 130 Å². The second-order valence-electron chi connectivity index (χ2n) is 9.18. The van der Waals surface area contributed by atoms with Crippen LogP contribution in [0.15, 0.2) is 89.5 Å². The molecule has 3 aromatic carbocycles. The number of halogens is 3. The summed E-state index contributed by atoms with van der Waals surface area (Å²) >= 11 is 0. The fraction of sp³-hybridized carbons (Fsp3) is 0.219. The monoisotopic (exact) mass is 615 g/mol. The second kappa shape index (κ2) is 17.8. The maximum absolute atomic E-state index is 12.2. The summed E-state index contributed by atoms with van der Waals surface area (Å²) in [7, 11) is 0. The fourth-order valence-electron chi connectivity index (χ4n) is 3.93. The van der Waals surface area contributed by atoms with E-state index in [1.807, 2.05) is 0 Å². The minimum Gasteiger partial charge on any atom is -0.478 e. The topological polar surface area (TPSA) is 112 Å². The van der Waals surface area contributed by atoms with Gasteiger partial charge in [0.2, 0.25) is 0 Å². The standard InChI is InChI=1S/C11H15.3C7H5FO2.Ti/c1-8-7-10-5-3-4-6-11(10)9(8)2;3*8-6-3-1-5(2-4-6)7(9)10;/h9H,3-6H2,1-2H3;3*1-4H,(H,9,10);/q-1;;;;. The number of benzene rings is 3. The molecule has 0 heterocycles. The molecule has 0 bridgehead atoms. The van der Waals surface area contributed by atoms with Crippen molar-refractivity contribution < 1.29 is 64.6 Å². The van der Waals surface area contributed by atoms with Crippen LogP contribution in [0.5, 0.6) is 0 Å². The first kappa shape index (κ1) is 36.1.